The molecule has 11 nitrogen and oxygen atoms in total. The second kappa shape index (κ2) is 14.2. The summed E-state index contributed by atoms with van der Waals surface area (Å²) in [6.07, 6.45) is 13.8. The molecular formula is C39H47N7O4. The van der Waals surface area contributed by atoms with Crippen LogP contribution >= 0.6 is 0 Å². The van der Waals surface area contributed by atoms with Crippen LogP contribution in [0.25, 0.3) is 5.69 Å². The summed E-state index contributed by atoms with van der Waals surface area (Å²) in [6.45, 7) is 12.9. The predicted octanol–water partition coefficient (Wildman–Crippen LogP) is 5.77. The van der Waals surface area contributed by atoms with Crippen molar-refractivity contribution >= 4 is 11.4 Å². The molecule has 2 saturated heterocycles. The summed E-state index contributed by atoms with van der Waals surface area (Å²) >= 11 is 0. The van der Waals surface area contributed by atoms with Gasteiger partial charge in [-0.1, -0.05) is 37.6 Å². The molecule has 50 heavy (non-hydrogen) atoms. The summed E-state index contributed by atoms with van der Waals surface area (Å²) in [5.74, 6) is -0.0239. The van der Waals surface area contributed by atoms with E-state index < -0.39 is 5.79 Å². The minimum Gasteiger partial charge on any atom is -0.491 e. The molecule has 0 spiro atoms. The van der Waals surface area contributed by atoms with Crippen LogP contribution in [0.2, 0.25) is 0 Å². The van der Waals surface area contributed by atoms with Gasteiger partial charge in [-0.25, -0.2) is 14.0 Å². The summed E-state index contributed by atoms with van der Waals surface area (Å²) in [6, 6.07) is 18.6. The van der Waals surface area contributed by atoms with Gasteiger partial charge in [0, 0.05) is 55.6 Å². The molecule has 4 atom stereocenters. The van der Waals surface area contributed by atoms with Crippen LogP contribution in [0.4, 0.5) is 11.4 Å². The van der Waals surface area contributed by atoms with E-state index in [2.05, 4.69) is 88.4 Å². The summed E-state index contributed by atoms with van der Waals surface area (Å²) < 4.78 is 22.7. The average Bonchev–Trinajstić information content (AvgIpc) is 3.75. The second-order valence-corrected chi connectivity index (χ2v) is 13.9. The maximum absolute atomic E-state index is 12.8. The fraction of sp³-hybridized carbons (Fsp3) is 0.436. The molecule has 0 bridgehead atoms. The Balaban J connectivity index is 0.927. The lowest BCUT2D eigenvalue weighted by Gasteiger charge is -2.44. The third-order valence-corrected chi connectivity index (χ3v) is 10.4. The molecule has 2 aromatic carbocycles. The topological polar surface area (TPSA) is 99.8 Å². The van der Waals surface area contributed by atoms with Gasteiger partial charge in [0.15, 0.2) is 5.79 Å². The maximum atomic E-state index is 12.8. The molecule has 2 aromatic heterocycles. The van der Waals surface area contributed by atoms with E-state index in [0.717, 1.165) is 61.7 Å². The molecule has 2 aliphatic heterocycles. The van der Waals surface area contributed by atoms with Crippen LogP contribution in [0, 0.1) is 5.41 Å². The Morgan fingerprint density at radius 3 is 2.28 bits per heavy atom. The van der Waals surface area contributed by atoms with Gasteiger partial charge in [-0.2, -0.15) is 15.3 Å². The number of allylic oxidation sites excluding steroid dienone is 3. The largest absolute Gasteiger partial charge is 0.491 e. The van der Waals surface area contributed by atoms with Crippen LogP contribution in [0.5, 0.6) is 5.75 Å². The molecule has 2 unspecified atom stereocenters. The van der Waals surface area contributed by atoms with Gasteiger partial charge in [-0.05, 0) is 86.8 Å². The molecule has 262 valence electrons. The van der Waals surface area contributed by atoms with Gasteiger partial charge in [0.25, 0.3) is 0 Å². The van der Waals surface area contributed by atoms with Crippen LogP contribution in [-0.4, -0.2) is 75.8 Å². The van der Waals surface area contributed by atoms with E-state index in [-0.39, 0.29) is 23.3 Å². The molecule has 0 N–H and O–H groups in total. The Morgan fingerprint density at radius 1 is 0.960 bits per heavy atom. The van der Waals surface area contributed by atoms with E-state index in [0.29, 0.717) is 19.6 Å². The zero-order chi connectivity index (χ0) is 34.7. The Hall–Kier alpha value is -4.74. The molecule has 7 rings (SSSR count). The zero-order valence-electron chi connectivity index (χ0n) is 29.4. The van der Waals surface area contributed by atoms with Crippen molar-refractivity contribution in [1.82, 2.24) is 24.5 Å². The third-order valence-electron chi connectivity index (χ3n) is 10.4. The minimum absolute atomic E-state index is 0.0722. The van der Waals surface area contributed by atoms with E-state index in [9.17, 15) is 4.79 Å². The monoisotopic (exact) mass is 677 g/mol. The van der Waals surface area contributed by atoms with Crippen LogP contribution < -0.4 is 20.2 Å². The van der Waals surface area contributed by atoms with Gasteiger partial charge in [-0.15, -0.1) is 0 Å². The first kappa shape index (κ1) is 33.7. The number of hydrogen-bond acceptors (Lipinski definition) is 9. The first-order chi connectivity index (χ1) is 24.3. The van der Waals surface area contributed by atoms with Crippen molar-refractivity contribution in [1.29, 1.82) is 0 Å². The van der Waals surface area contributed by atoms with Gasteiger partial charge in [0.2, 0.25) is 0 Å². The fourth-order valence-corrected chi connectivity index (χ4v) is 7.26. The molecule has 3 aliphatic rings. The lowest BCUT2D eigenvalue weighted by molar-refractivity contribution is -0.227. The second-order valence-electron chi connectivity index (χ2n) is 13.9. The highest BCUT2D eigenvalue weighted by Gasteiger charge is 2.54. The van der Waals surface area contributed by atoms with E-state index in [4.69, 9.17) is 14.2 Å². The Kier molecular flexibility index (Phi) is 9.61. The normalized spacial score (nSPS) is 24.3. The number of rotatable bonds is 11. The SMILES string of the molecule is CCC(C)n1ncn(-c2ccc(N3CCN(c4ccc(OC[C@@H]5CO[C@@](Cc6ccnnc6)(C6(C)C=C(C)C=CC6)O5)cc4)CC3)cc2)c1=O. The summed E-state index contributed by atoms with van der Waals surface area (Å²) in [7, 11) is 0. The quantitative estimate of drug-likeness (QED) is 0.196. The van der Waals surface area contributed by atoms with Crippen molar-refractivity contribution in [3.63, 3.8) is 0 Å². The maximum Gasteiger partial charge on any atom is 0.350 e. The highest BCUT2D eigenvalue weighted by molar-refractivity contribution is 5.54. The van der Waals surface area contributed by atoms with Crippen LogP contribution in [0.3, 0.4) is 0 Å². The van der Waals surface area contributed by atoms with Crippen LogP contribution in [0.1, 0.15) is 52.1 Å². The van der Waals surface area contributed by atoms with Gasteiger partial charge >= 0.3 is 5.69 Å². The average molecular weight is 678 g/mol. The van der Waals surface area contributed by atoms with Gasteiger partial charge in [0.05, 0.1) is 24.5 Å². The van der Waals surface area contributed by atoms with Crippen LogP contribution in [-0.2, 0) is 15.9 Å². The highest BCUT2D eigenvalue weighted by Crippen LogP contribution is 2.48. The third kappa shape index (κ3) is 6.84. The fourth-order valence-electron chi connectivity index (χ4n) is 7.26. The van der Waals surface area contributed by atoms with Gasteiger partial charge in [0.1, 0.15) is 24.8 Å². The lowest BCUT2D eigenvalue weighted by atomic mass is 9.72. The molecule has 0 saturated carbocycles. The lowest BCUT2D eigenvalue weighted by Crippen LogP contribution is -2.49. The van der Waals surface area contributed by atoms with E-state index >= 15 is 0 Å². The molecule has 0 radical (unpaired) electrons. The number of piperazine rings is 1. The Morgan fingerprint density at radius 2 is 1.64 bits per heavy atom. The van der Waals surface area contributed by atoms with Crippen molar-refractivity contribution in [2.75, 3.05) is 49.2 Å². The van der Waals surface area contributed by atoms with E-state index in [1.54, 1.807) is 28.0 Å². The minimum atomic E-state index is -0.832. The molecule has 4 heterocycles. The summed E-state index contributed by atoms with van der Waals surface area (Å²) in [5, 5.41) is 12.3. The first-order valence-corrected chi connectivity index (χ1v) is 17.7. The molecule has 2 fully saturated rings. The number of benzene rings is 2. The number of ether oxygens (including phenoxy) is 3. The molecule has 1 aliphatic carbocycles. The van der Waals surface area contributed by atoms with E-state index in [1.165, 1.54) is 11.3 Å². The standard InChI is InChI=1S/C39H47N7O4/c1-5-30(3)46-37(47)45(28-42-46)34-10-8-32(9-11-34)43-19-21-44(22-20-43)33-12-14-35(15-13-33)48-26-36-27-49-39(50-36,24-31-16-18-40-41-25-31)38(4)17-6-7-29(2)23-38/h6-16,18,23,25,28,30,36H,5,17,19-22,24,26-27H2,1-4H3/t30?,36-,38?,39-/m1/s1. The van der Waals surface area contributed by atoms with Crippen molar-refractivity contribution in [3.8, 4) is 11.4 Å². The first-order valence-electron chi connectivity index (χ1n) is 17.7. The number of anilines is 2. The van der Waals surface area contributed by atoms with Gasteiger partial charge in [-0.3, -0.25) is 0 Å². The van der Waals surface area contributed by atoms with Gasteiger partial charge < -0.3 is 24.0 Å². The molecular weight excluding hydrogens is 630 g/mol. The Bertz CT molecular complexity index is 1860. The molecule has 0 amide bonds. The predicted molar refractivity (Wildman–Crippen MR) is 194 cm³/mol. The highest BCUT2D eigenvalue weighted by atomic mass is 16.8. The zero-order valence-corrected chi connectivity index (χ0v) is 29.4. The Labute approximate surface area is 293 Å². The van der Waals surface area contributed by atoms with Crippen molar-refractivity contribution in [2.24, 2.45) is 5.41 Å². The smallest absolute Gasteiger partial charge is 0.350 e. The van der Waals surface area contributed by atoms with Crippen molar-refractivity contribution < 1.29 is 14.2 Å². The van der Waals surface area contributed by atoms with Crippen molar-refractivity contribution in [2.45, 2.75) is 64.9 Å². The number of hydrogen-bond donors (Lipinski definition) is 0. The summed E-state index contributed by atoms with van der Waals surface area (Å²) in [4.78, 5) is 17.6. The summed E-state index contributed by atoms with van der Waals surface area (Å²) in [5.41, 5.74) is 4.94. The van der Waals surface area contributed by atoms with Crippen molar-refractivity contribution in [3.05, 3.63) is 113 Å². The number of nitrogens with zero attached hydrogens (tertiary/aromatic N) is 7. The van der Waals surface area contributed by atoms with E-state index in [1.807, 2.05) is 37.3 Å². The molecule has 4 aromatic rings. The van der Waals surface area contributed by atoms with Crippen LogP contribution in [0.15, 0.2) is 102 Å². The number of aromatic nitrogens is 5. The molecule has 11 heteroatoms.